The zero-order chi connectivity index (χ0) is 12.6. The van der Waals surface area contributed by atoms with Gasteiger partial charge in [0.15, 0.2) is 9.84 Å². The number of sulfone groups is 1. The van der Waals surface area contributed by atoms with Crippen LogP contribution in [-0.2, 0) is 15.6 Å². The minimum Gasteiger partial charge on any atom is -0.478 e. The summed E-state index contributed by atoms with van der Waals surface area (Å²) < 4.78 is 27.7. The SMILES string of the molecule is CS(=O)(=O)Cc1oc2ccccc2c1C(=O)O. The van der Waals surface area contributed by atoms with E-state index in [1.807, 2.05) is 0 Å². The fourth-order valence-corrected chi connectivity index (χ4v) is 2.35. The summed E-state index contributed by atoms with van der Waals surface area (Å²) in [5, 5.41) is 9.51. The second kappa shape index (κ2) is 3.89. The number of hydrogen-bond donors (Lipinski definition) is 1. The highest BCUT2D eigenvalue weighted by Crippen LogP contribution is 2.27. The van der Waals surface area contributed by atoms with Crippen LogP contribution < -0.4 is 0 Å². The molecule has 1 aromatic heterocycles. The average Bonchev–Trinajstić information content (AvgIpc) is 2.51. The van der Waals surface area contributed by atoms with E-state index in [9.17, 15) is 13.2 Å². The van der Waals surface area contributed by atoms with E-state index in [0.717, 1.165) is 6.26 Å². The van der Waals surface area contributed by atoms with E-state index in [2.05, 4.69) is 0 Å². The molecule has 6 heteroatoms. The van der Waals surface area contributed by atoms with Gasteiger partial charge in [-0.25, -0.2) is 13.2 Å². The van der Waals surface area contributed by atoms with Crippen molar-refractivity contribution in [2.24, 2.45) is 0 Å². The van der Waals surface area contributed by atoms with E-state index in [1.165, 1.54) is 0 Å². The Kier molecular flexibility index (Phi) is 2.66. The van der Waals surface area contributed by atoms with Crippen molar-refractivity contribution in [3.05, 3.63) is 35.6 Å². The van der Waals surface area contributed by atoms with Gasteiger partial charge in [0.05, 0.1) is 0 Å². The Balaban J connectivity index is 2.70. The number of carboxylic acid groups (broad SMARTS) is 1. The standard InChI is InChI=1S/C11H10O5S/c1-17(14,15)6-9-10(11(12)13)7-4-2-3-5-8(7)16-9/h2-5H,6H2,1H3,(H,12,13). The summed E-state index contributed by atoms with van der Waals surface area (Å²) in [4.78, 5) is 11.1. The molecule has 1 N–H and O–H groups in total. The summed E-state index contributed by atoms with van der Waals surface area (Å²) in [7, 11) is -3.34. The molecular weight excluding hydrogens is 244 g/mol. The zero-order valence-electron chi connectivity index (χ0n) is 9.00. The molecule has 2 rings (SSSR count). The first-order chi connectivity index (χ1) is 7.88. The van der Waals surface area contributed by atoms with Gasteiger partial charge in [0, 0.05) is 11.6 Å². The van der Waals surface area contributed by atoms with E-state index in [-0.39, 0.29) is 11.3 Å². The van der Waals surface area contributed by atoms with Crippen LogP contribution in [0.3, 0.4) is 0 Å². The van der Waals surface area contributed by atoms with Crippen molar-refractivity contribution in [3.8, 4) is 0 Å². The fourth-order valence-electron chi connectivity index (χ4n) is 1.67. The Morgan fingerprint density at radius 1 is 1.35 bits per heavy atom. The van der Waals surface area contributed by atoms with Crippen molar-refractivity contribution >= 4 is 26.8 Å². The van der Waals surface area contributed by atoms with Gasteiger partial charge in [-0.2, -0.15) is 0 Å². The molecule has 1 aromatic carbocycles. The number of fused-ring (bicyclic) bond motifs is 1. The summed E-state index contributed by atoms with van der Waals surface area (Å²) in [6.07, 6.45) is 1.03. The monoisotopic (exact) mass is 254 g/mol. The average molecular weight is 254 g/mol. The van der Waals surface area contributed by atoms with Crippen molar-refractivity contribution in [2.75, 3.05) is 6.26 Å². The summed E-state index contributed by atoms with van der Waals surface area (Å²) in [6.45, 7) is 0. The normalized spacial score (nSPS) is 11.8. The maximum absolute atomic E-state index is 11.2. The lowest BCUT2D eigenvalue weighted by Crippen LogP contribution is -2.05. The highest BCUT2D eigenvalue weighted by Gasteiger charge is 2.22. The molecule has 0 spiro atoms. The molecule has 0 amide bonds. The van der Waals surface area contributed by atoms with E-state index >= 15 is 0 Å². The number of aromatic carboxylic acids is 1. The highest BCUT2D eigenvalue weighted by atomic mass is 32.2. The van der Waals surface area contributed by atoms with Crippen molar-refractivity contribution in [1.82, 2.24) is 0 Å². The van der Waals surface area contributed by atoms with Crippen LogP contribution in [0.1, 0.15) is 16.1 Å². The topological polar surface area (TPSA) is 84.6 Å². The van der Waals surface area contributed by atoms with Crippen LogP contribution in [0.5, 0.6) is 0 Å². The number of carbonyl (C=O) groups is 1. The van der Waals surface area contributed by atoms with Crippen LogP contribution in [0.25, 0.3) is 11.0 Å². The first-order valence-corrected chi connectivity index (χ1v) is 6.86. The molecule has 0 aliphatic rings. The molecule has 0 radical (unpaired) electrons. The lowest BCUT2D eigenvalue weighted by atomic mass is 10.1. The molecular formula is C11H10O5S. The number of hydrogen-bond acceptors (Lipinski definition) is 4. The number of rotatable bonds is 3. The molecule has 0 saturated carbocycles. The molecule has 0 fully saturated rings. The number of para-hydroxylation sites is 1. The van der Waals surface area contributed by atoms with Crippen LogP contribution in [-0.4, -0.2) is 25.7 Å². The Morgan fingerprint density at radius 2 is 2.00 bits per heavy atom. The van der Waals surface area contributed by atoms with Crippen LogP contribution in [0.15, 0.2) is 28.7 Å². The van der Waals surface area contributed by atoms with E-state index in [1.54, 1.807) is 24.3 Å². The Hall–Kier alpha value is -1.82. The van der Waals surface area contributed by atoms with Gasteiger partial charge < -0.3 is 9.52 Å². The lowest BCUT2D eigenvalue weighted by molar-refractivity contribution is 0.0697. The Bertz CT molecular complexity index is 681. The zero-order valence-corrected chi connectivity index (χ0v) is 9.82. The van der Waals surface area contributed by atoms with E-state index in [0.29, 0.717) is 11.0 Å². The predicted molar refractivity (Wildman–Crippen MR) is 61.7 cm³/mol. The fraction of sp³-hybridized carbons (Fsp3) is 0.182. The molecule has 5 nitrogen and oxygen atoms in total. The van der Waals surface area contributed by atoms with Gasteiger partial charge in [-0.1, -0.05) is 18.2 Å². The van der Waals surface area contributed by atoms with Crippen molar-refractivity contribution < 1.29 is 22.7 Å². The van der Waals surface area contributed by atoms with E-state index < -0.39 is 21.6 Å². The summed E-state index contributed by atoms with van der Waals surface area (Å²) in [6, 6.07) is 6.57. The minimum absolute atomic E-state index is 0.0267. The maximum Gasteiger partial charge on any atom is 0.339 e. The molecule has 17 heavy (non-hydrogen) atoms. The smallest absolute Gasteiger partial charge is 0.339 e. The third-order valence-electron chi connectivity index (χ3n) is 2.28. The van der Waals surface area contributed by atoms with Gasteiger partial charge in [0.25, 0.3) is 0 Å². The molecule has 0 aliphatic heterocycles. The summed E-state index contributed by atoms with van der Waals surface area (Å²) in [5.41, 5.74) is 0.301. The molecule has 1 heterocycles. The molecule has 0 atom stereocenters. The summed E-state index contributed by atoms with van der Waals surface area (Å²) >= 11 is 0. The lowest BCUT2D eigenvalue weighted by Gasteiger charge is -1.96. The second-order valence-corrected chi connectivity index (χ2v) is 5.91. The Morgan fingerprint density at radius 3 is 2.59 bits per heavy atom. The summed E-state index contributed by atoms with van der Waals surface area (Å²) in [5.74, 6) is -1.63. The number of furan rings is 1. The van der Waals surface area contributed by atoms with Gasteiger partial charge >= 0.3 is 5.97 Å². The van der Waals surface area contributed by atoms with Crippen molar-refractivity contribution in [2.45, 2.75) is 5.75 Å². The van der Waals surface area contributed by atoms with Gasteiger partial charge in [-0.05, 0) is 6.07 Å². The van der Waals surface area contributed by atoms with Gasteiger partial charge in [-0.3, -0.25) is 0 Å². The van der Waals surface area contributed by atoms with Gasteiger partial charge in [-0.15, -0.1) is 0 Å². The van der Waals surface area contributed by atoms with Crippen LogP contribution in [0.2, 0.25) is 0 Å². The first kappa shape index (κ1) is 11.7. The van der Waals surface area contributed by atoms with Crippen LogP contribution in [0, 0.1) is 0 Å². The highest BCUT2D eigenvalue weighted by molar-refractivity contribution is 7.89. The largest absolute Gasteiger partial charge is 0.478 e. The van der Waals surface area contributed by atoms with Crippen LogP contribution >= 0.6 is 0 Å². The third-order valence-corrected chi connectivity index (χ3v) is 3.06. The van der Waals surface area contributed by atoms with Crippen molar-refractivity contribution in [3.63, 3.8) is 0 Å². The first-order valence-electron chi connectivity index (χ1n) is 4.80. The number of benzene rings is 1. The van der Waals surface area contributed by atoms with Gasteiger partial charge in [0.2, 0.25) is 0 Å². The van der Waals surface area contributed by atoms with E-state index in [4.69, 9.17) is 9.52 Å². The molecule has 0 aliphatic carbocycles. The second-order valence-electron chi connectivity index (χ2n) is 3.77. The molecule has 0 bridgehead atoms. The molecule has 2 aromatic rings. The molecule has 0 saturated heterocycles. The molecule has 90 valence electrons. The van der Waals surface area contributed by atoms with Crippen LogP contribution in [0.4, 0.5) is 0 Å². The maximum atomic E-state index is 11.2. The number of carboxylic acids is 1. The van der Waals surface area contributed by atoms with Crippen molar-refractivity contribution in [1.29, 1.82) is 0 Å². The quantitative estimate of drug-likeness (QED) is 0.900. The molecule has 0 unspecified atom stereocenters. The van der Waals surface area contributed by atoms with Gasteiger partial charge in [0.1, 0.15) is 22.7 Å². The Labute approximate surface area is 97.6 Å². The minimum atomic E-state index is -3.34. The predicted octanol–water partition coefficient (Wildman–Crippen LogP) is 1.68. The third kappa shape index (κ3) is 2.31.